The molecular weight excluding hydrogens is 292 g/mol. The second kappa shape index (κ2) is 14.1. The van der Waals surface area contributed by atoms with Gasteiger partial charge in [-0.25, -0.2) is 9.59 Å². The molecule has 132 valence electrons. The van der Waals surface area contributed by atoms with Crippen LogP contribution in [0.3, 0.4) is 0 Å². The van der Waals surface area contributed by atoms with Crippen LogP contribution in [0.2, 0.25) is 0 Å². The van der Waals surface area contributed by atoms with Gasteiger partial charge in [-0.15, -0.1) is 0 Å². The van der Waals surface area contributed by atoms with Gasteiger partial charge in [0.1, 0.15) is 0 Å². The van der Waals surface area contributed by atoms with E-state index in [1.165, 1.54) is 0 Å². The molecule has 4 nitrogen and oxygen atoms in total. The van der Waals surface area contributed by atoms with E-state index in [1.807, 2.05) is 0 Å². The van der Waals surface area contributed by atoms with E-state index in [-0.39, 0.29) is 0 Å². The summed E-state index contributed by atoms with van der Waals surface area (Å²) in [5, 5.41) is 0. The Balaban J connectivity index is 4.10. The summed E-state index contributed by atoms with van der Waals surface area (Å²) in [6, 6.07) is 0. The standard InChI is InChI=1S/C19H32O4/c1-5-9-11-17(8-4)15-23-19(21)13-12-18(20)22-14-16(7-3)10-6-2/h16-17H,5-11,14-15H2,1-4H3. The summed E-state index contributed by atoms with van der Waals surface area (Å²) in [5.41, 5.74) is 0. The van der Waals surface area contributed by atoms with Gasteiger partial charge in [0.15, 0.2) is 0 Å². The smallest absolute Gasteiger partial charge is 0.384 e. The number of carbonyl (C=O) groups excluding carboxylic acids is 2. The van der Waals surface area contributed by atoms with E-state index >= 15 is 0 Å². The van der Waals surface area contributed by atoms with Crippen molar-refractivity contribution in [3.05, 3.63) is 0 Å². The molecule has 0 aliphatic heterocycles. The molecule has 0 aliphatic rings. The predicted molar refractivity (Wildman–Crippen MR) is 91.7 cm³/mol. The third-order valence-corrected chi connectivity index (χ3v) is 3.98. The van der Waals surface area contributed by atoms with Crippen LogP contribution in [0, 0.1) is 23.7 Å². The molecular formula is C19H32O4. The third-order valence-electron chi connectivity index (χ3n) is 3.98. The first-order valence-corrected chi connectivity index (χ1v) is 8.92. The van der Waals surface area contributed by atoms with Crippen LogP contribution in [0.1, 0.15) is 72.6 Å². The zero-order chi connectivity index (χ0) is 17.5. The number of carbonyl (C=O) groups is 2. The Morgan fingerprint density at radius 3 is 1.65 bits per heavy atom. The average Bonchev–Trinajstić information content (AvgIpc) is 2.56. The van der Waals surface area contributed by atoms with Gasteiger partial charge in [-0.05, 0) is 24.7 Å². The molecule has 0 aromatic heterocycles. The number of unbranched alkanes of at least 4 members (excludes halogenated alkanes) is 1. The fraction of sp³-hybridized carbons (Fsp3) is 0.789. The third kappa shape index (κ3) is 11.7. The van der Waals surface area contributed by atoms with E-state index in [1.54, 1.807) is 0 Å². The average molecular weight is 324 g/mol. The Hall–Kier alpha value is -1.50. The number of hydrogen-bond acceptors (Lipinski definition) is 4. The highest BCUT2D eigenvalue weighted by atomic mass is 16.5. The van der Waals surface area contributed by atoms with E-state index in [0.29, 0.717) is 25.0 Å². The summed E-state index contributed by atoms with van der Waals surface area (Å²) >= 11 is 0. The minimum atomic E-state index is -0.658. The molecule has 2 atom stereocenters. The first-order chi connectivity index (χ1) is 11.1. The molecule has 4 heteroatoms. The Bertz CT molecular complexity index is 392. The van der Waals surface area contributed by atoms with Crippen molar-refractivity contribution < 1.29 is 19.1 Å². The minimum Gasteiger partial charge on any atom is -0.456 e. The van der Waals surface area contributed by atoms with Crippen LogP contribution in [0.4, 0.5) is 0 Å². The minimum absolute atomic E-state index is 0.363. The van der Waals surface area contributed by atoms with Gasteiger partial charge in [-0.2, -0.15) is 0 Å². The molecule has 0 fully saturated rings. The number of ether oxygens (including phenoxy) is 2. The number of hydrogen-bond donors (Lipinski definition) is 0. The van der Waals surface area contributed by atoms with Crippen molar-refractivity contribution in [2.75, 3.05) is 13.2 Å². The Morgan fingerprint density at radius 2 is 1.26 bits per heavy atom. The lowest BCUT2D eigenvalue weighted by Gasteiger charge is -2.13. The molecule has 23 heavy (non-hydrogen) atoms. The molecule has 0 rings (SSSR count). The summed E-state index contributed by atoms with van der Waals surface area (Å²) in [6.45, 7) is 9.12. The molecule has 0 aromatic rings. The van der Waals surface area contributed by atoms with E-state index in [4.69, 9.17) is 9.47 Å². The summed E-state index contributed by atoms with van der Waals surface area (Å²) < 4.78 is 10.2. The first-order valence-electron chi connectivity index (χ1n) is 8.92. The Morgan fingerprint density at radius 1 is 0.783 bits per heavy atom. The van der Waals surface area contributed by atoms with Crippen LogP contribution >= 0.6 is 0 Å². The van der Waals surface area contributed by atoms with Gasteiger partial charge in [0.25, 0.3) is 0 Å². The summed E-state index contributed by atoms with van der Waals surface area (Å²) in [4.78, 5) is 23.0. The number of esters is 2. The van der Waals surface area contributed by atoms with Crippen molar-refractivity contribution in [3.63, 3.8) is 0 Å². The van der Waals surface area contributed by atoms with Gasteiger partial charge in [0.05, 0.1) is 13.2 Å². The largest absolute Gasteiger partial charge is 0.456 e. The molecule has 0 N–H and O–H groups in total. The summed E-state index contributed by atoms with van der Waals surface area (Å²) in [6.07, 6.45) is 7.33. The maximum Gasteiger partial charge on any atom is 0.384 e. The number of rotatable bonds is 11. The maximum absolute atomic E-state index is 11.5. The van der Waals surface area contributed by atoms with Gasteiger partial charge in [0, 0.05) is 11.8 Å². The van der Waals surface area contributed by atoms with E-state index < -0.39 is 11.9 Å². The summed E-state index contributed by atoms with van der Waals surface area (Å²) in [7, 11) is 0. The van der Waals surface area contributed by atoms with Crippen LogP contribution in [0.5, 0.6) is 0 Å². The normalized spacial score (nSPS) is 12.7. The predicted octanol–water partition coefficient (Wildman–Crippen LogP) is 4.12. The lowest BCUT2D eigenvalue weighted by molar-refractivity contribution is -0.140. The van der Waals surface area contributed by atoms with Gasteiger partial charge in [0.2, 0.25) is 0 Å². The topological polar surface area (TPSA) is 52.6 Å². The van der Waals surface area contributed by atoms with Crippen molar-refractivity contribution in [3.8, 4) is 11.8 Å². The lowest BCUT2D eigenvalue weighted by atomic mass is 10.0. The second-order valence-electron chi connectivity index (χ2n) is 5.93. The highest BCUT2D eigenvalue weighted by Crippen LogP contribution is 2.13. The fourth-order valence-electron chi connectivity index (χ4n) is 2.27. The molecule has 0 heterocycles. The quantitative estimate of drug-likeness (QED) is 0.326. The molecule has 0 saturated heterocycles. The zero-order valence-corrected chi connectivity index (χ0v) is 15.2. The van der Waals surface area contributed by atoms with Crippen molar-refractivity contribution in [2.24, 2.45) is 11.8 Å². The van der Waals surface area contributed by atoms with Crippen molar-refractivity contribution in [2.45, 2.75) is 72.6 Å². The highest BCUT2D eigenvalue weighted by Gasteiger charge is 2.10. The molecule has 0 bridgehead atoms. The lowest BCUT2D eigenvalue weighted by Crippen LogP contribution is -2.14. The van der Waals surface area contributed by atoms with E-state index in [9.17, 15) is 9.59 Å². The molecule has 2 unspecified atom stereocenters. The van der Waals surface area contributed by atoms with E-state index in [0.717, 1.165) is 44.9 Å². The zero-order valence-electron chi connectivity index (χ0n) is 15.2. The molecule has 0 aliphatic carbocycles. The van der Waals surface area contributed by atoms with Crippen LogP contribution in [0.25, 0.3) is 0 Å². The Labute approximate surface area is 141 Å². The fourth-order valence-corrected chi connectivity index (χ4v) is 2.27. The Kier molecular flexibility index (Phi) is 13.2. The molecule has 0 spiro atoms. The van der Waals surface area contributed by atoms with Crippen LogP contribution in [0.15, 0.2) is 0 Å². The maximum atomic E-state index is 11.5. The van der Waals surface area contributed by atoms with Gasteiger partial charge >= 0.3 is 11.9 Å². The van der Waals surface area contributed by atoms with Gasteiger partial charge < -0.3 is 9.47 Å². The van der Waals surface area contributed by atoms with Crippen molar-refractivity contribution in [1.82, 2.24) is 0 Å². The second-order valence-corrected chi connectivity index (χ2v) is 5.93. The molecule has 0 radical (unpaired) electrons. The highest BCUT2D eigenvalue weighted by molar-refractivity contribution is 5.98. The first kappa shape index (κ1) is 21.5. The van der Waals surface area contributed by atoms with Crippen LogP contribution < -0.4 is 0 Å². The van der Waals surface area contributed by atoms with Gasteiger partial charge in [-0.3, -0.25) is 0 Å². The van der Waals surface area contributed by atoms with Crippen LogP contribution in [-0.4, -0.2) is 25.2 Å². The van der Waals surface area contributed by atoms with Crippen LogP contribution in [-0.2, 0) is 19.1 Å². The SMILES string of the molecule is CCCCC(CC)COC(=O)C#CC(=O)OCC(CC)CCC. The van der Waals surface area contributed by atoms with Gasteiger partial charge in [-0.1, -0.05) is 59.8 Å². The van der Waals surface area contributed by atoms with Crippen molar-refractivity contribution in [1.29, 1.82) is 0 Å². The van der Waals surface area contributed by atoms with Crippen molar-refractivity contribution >= 4 is 11.9 Å². The summed E-state index contributed by atoms with van der Waals surface area (Å²) in [5.74, 6) is 3.83. The molecule has 0 amide bonds. The molecule has 0 aromatic carbocycles. The molecule has 0 saturated carbocycles. The van der Waals surface area contributed by atoms with E-state index in [2.05, 4.69) is 39.5 Å². The monoisotopic (exact) mass is 324 g/mol.